The summed E-state index contributed by atoms with van der Waals surface area (Å²) in [5.74, 6) is 0.245. The number of nitrogens with two attached hydrogens (primary N) is 1. The minimum absolute atomic E-state index is 0.0398. The monoisotopic (exact) mass is 281 g/mol. The first-order chi connectivity index (χ1) is 9.56. The average Bonchev–Trinajstić information content (AvgIpc) is 2.41. The predicted molar refractivity (Wildman–Crippen MR) is 76.1 cm³/mol. The van der Waals surface area contributed by atoms with Gasteiger partial charge in [0.05, 0.1) is 25.1 Å². The van der Waals surface area contributed by atoms with Crippen LogP contribution in [0.25, 0.3) is 0 Å². The van der Waals surface area contributed by atoms with Crippen LogP contribution in [0.3, 0.4) is 0 Å². The maximum atomic E-state index is 10.9. The second-order valence-corrected chi connectivity index (χ2v) is 5.13. The van der Waals surface area contributed by atoms with Crippen LogP contribution >= 0.6 is 0 Å². The molecule has 0 radical (unpaired) electrons. The quantitative estimate of drug-likeness (QED) is 0.427. The molecule has 0 aromatic heterocycles. The molecule has 3 N–H and O–H groups in total. The molecule has 1 aliphatic rings. The van der Waals surface area contributed by atoms with Crippen molar-refractivity contribution in [2.45, 2.75) is 0 Å². The fourth-order valence-electron chi connectivity index (χ4n) is 2.24. The Morgan fingerprint density at radius 1 is 1.45 bits per heavy atom. The van der Waals surface area contributed by atoms with Crippen LogP contribution in [0.4, 0.5) is 11.4 Å². The normalized spacial score (nSPS) is 17.1. The highest BCUT2D eigenvalue weighted by Crippen LogP contribution is 2.28. The van der Waals surface area contributed by atoms with Gasteiger partial charge in [-0.25, -0.2) is 0 Å². The molecular formula is C13H21N4O3+. The van der Waals surface area contributed by atoms with Gasteiger partial charge in [-0.15, -0.1) is 0 Å². The molecule has 20 heavy (non-hydrogen) atoms. The zero-order valence-electron chi connectivity index (χ0n) is 11.7. The van der Waals surface area contributed by atoms with Crippen LogP contribution in [0.2, 0.25) is 0 Å². The number of ether oxygens (including phenoxy) is 1. The van der Waals surface area contributed by atoms with E-state index in [-0.39, 0.29) is 11.4 Å². The van der Waals surface area contributed by atoms with E-state index in [1.54, 1.807) is 0 Å². The predicted octanol–water partition coefficient (Wildman–Crippen LogP) is -0.614. The largest absolute Gasteiger partial charge is 0.485 e. The lowest BCUT2D eigenvalue weighted by Crippen LogP contribution is -3.12. The summed E-state index contributed by atoms with van der Waals surface area (Å²) >= 11 is 0. The molecule has 1 aromatic rings. The SMILES string of the molecule is C[NH+]1CCN(CCOc2cc(N)ccc2[N+](=O)[O-])CC1. The van der Waals surface area contributed by atoms with Gasteiger partial charge in [0.15, 0.2) is 5.75 Å². The van der Waals surface area contributed by atoms with E-state index in [4.69, 9.17) is 10.5 Å². The number of hydrogen-bond donors (Lipinski definition) is 2. The third-order valence-electron chi connectivity index (χ3n) is 3.56. The first-order valence-electron chi connectivity index (χ1n) is 6.76. The first kappa shape index (κ1) is 14.5. The van der Waals surface area contributed by atoms with Gasteiger partial charge in [-0.1, -0.05) is 0 Å². The van der Waals surface area contributed by atoms with Crippen LogP contribution in [0.1, 0.15) is 0 Å². The van der Waals surface area contributed by atoms with Crippen LogP contribution in [0, 0.1) is 10.1 Å². The molecule has 1 fully saturated rings. The lowest BCUT2D eigenvalue weighted by atomic mass is 10.2. The summed E-state index contributed by atoms with van der Waals surface area (Å²) in [4.78, 5) is 14.3. The van der Waals surface area contributed by atoms with E-state index in [1.807, 2.05) is 0 Å². The van der Waals surface area contributed by atoms with Crippen LogP contribution < -0.4 is 15.4 Å². The molecule has 0 saturated carbocycles. The molecule has 0 aliphatic carbocycles. The number of rotatable bonds is 5. The highest BCUT2D eigenvalue weighted by molar-refractivity contribution is 5.55. The molecule has 0 unspecified atom stereocenters. The topological polar surface area (TPSA) is 86.1 Å². The van der Waals surface area contributed by atoms with Gasteiger partial charge >= 0.3 is 5.69 Å². The van der Waals surface area contributed by atoms with E-state index < -0.39 is 4.92 Å². The Balaban J connectivity index is 1.87. The Labute approximate surface area is 118 Å². The lowest BCUT2D eigenvalue weighted by Gasteiger charge is -2.29. The summed E-state index contributed by atoms with van der Waals surface area (Å²) in [6.07, 6.45) is 0. The third kappa shape index (κ3) is 3.82. The molecule has 0 amide bonds. The molecule has 0 bridgehead atoms. The molecule has 110 valence electrons. The van der Waals surface area contributed by atoms with Crippen LogP contribution in [-0.4, -0.2) is 56.2 Å². The van der Waals surface area contributed by atoms with Gasteiger partial charge in [0.2, 0.25) is 0 Å². The van der Waals surface area contributed by atoms with E-state index in [9.17, 15) is 10.1 Å². The van der Waals surface area contributed by atoms with Crippen molar-refractivity contribution in [3.05, 3.63) is 28.3 Å². The average molecular weight is 281 g/mol. The van der Waals surface area contributed by atoms with E-state index in [0.29, 0.717) is 12.3 Å². The van der Waals surface area contributed by atoms with Crippen molar-refractivity contribution >= 4 is 11.4 Å². The number of likely N-dealkylation sites (N-methyl/N-ethyl adjacent to an activating group) is 1. The third-order valence-corrected chi connectivity index (χ3v) is 3.56. The van der Waals surface area contributed by atoms with Gasteiger partial charge in [-0.05, 0) is 6.07 Å². The number of anilines is 1. The van der Waals surface area contributed by atoms with Crippen molar-refractivity contribution < 1.29 is 14.6 Å². The van der Waals surface area contributed by atoms with Crippen LogP contribution in [0.15, 0.2) is 18.2 Å². The molecule has 1 heterocycles. The molecule has 1 aliphatic heterocycles. The van der Waals surface area contributed by atoms with Crippen molar-refractivity contribution in [2.75, 3.05) is 52.1 Å². The summed E-state index contributed by atoms with van der Waals surface area (Å²) in [5, 5.41) is 10.9. The number of quaternary nitrogens is 1. The highest BCUT2D eigenvalue weighted by atomic mass is 16.6. The van der Waals surface area contributed by atoms with E-state index in [0.717, 1.165) is 32.7 Å². The van der Waals surface area contributed by atoms with Crippen LogP contribution in [0.5, 0.6) is 5.75 Å². The van der Waals surface area contributed by atoms with Gasteiger partial charge in [-0.2, -0.15) is 0 Å². The maximum absolute atomic E-state index is 10.9. The van der Waals surface area contributed by atoms with Crippen molar-refractivity contribution in [1.29, 1.82) is 0 Å². The summed E-state index contributed by atoms with van der Waals surface area (Å²) in [6, 6.07) is 4.39. The van der Waals surface area contributed by atoms with Gasteiger partial charge in [0.1, 0.15) is 6.61 Å². The fourth-order valence-corrected chi connectivity index (χ4v) is 2.24. The van der Waals surface area contributed by atoms with E-state index in [2.05, 4.69) is 11.9 Å². The number of nitro benzene ring substituents is 1. The molecule has 2 rings (SSSR count). The molecule has 0 atom stereocenters. The van der Waals surface area contributed by atoms with Gasteiger partial charge in [0, 0.05) is 37.5 Å². The lowest BCUT2D eigenvalue weighted by molar-refractivity contribution is -0.884. The van der Waals surface area contributed by atoms with Crippen molar-refractivity contribution in [3.63, 3.8) is 0 Å². The molecule has 7 heteroatoms. The number of benzene rings is 1. The number of nitrogen functional groups attached to an aromatic ring is 1. The second-order valence-electron chi connectivity index (χ2n) is 5.13. The van der Waals surface area contributed by atoms with Gasteiger partial charge in [-0.3, -0.25) is 15.0 Å². The number of hydrogen-bond acceptors (Lipinski definition) is 5. The van der Waals surface area contributed by atoms with E-state index >= 15 is 0 Å². The minimum atomic E-state index is -0.450. The Hall–Kier alpha value is -1.86. The molecular weight excluding hydrogens is 260 g/mol. The Morgan fingerprint density at radius 3 is 2.80 bits per heavy atom. The van der Waals surface area contributed by atoms with Crippen molar-refractivity contribution in [3.8, 4) is 5.75 Å². The van der Waals surface area contributed by atoms with Gasteiger partial charge < -0.3 is 15.4 Å². The van der Waals surface area contributed by atoms with E-state index in [1.165, 1.54) is 23.1 Å². The zero-order chi connectivity index (χ0) is 14.5. The summed E-state index contributed by atoms with van der Waals surface area (Å²) < 4.78 is 5.54. The summed E-state index contributed by atoms with van der Waals surface area (Å²) in [7, 11) is 2.18. The summed E-state index contributed by atoms with van der Waals surface area (Å²) in [6.45, 7) is 5.53. The second kappa shape index (κ2) is 6.53. The molecule has 1 saturated heterocycles. The van der Waals surface area contributed by atoms with Gasteiger partial charge in [0.25, 0.3) is 0 Å². The fraction of sp³-hybridized carbons (Fsp3) is 0.538. The first-order valence-corrected chi connectivity index (χ1v) is 6.76. The smallest absolute Gasteiger partial charge is 0.311 e. The van der Waals surface area contributed by atoms with Crippen LogP contribution in [-0.2, 0) is 0 Å². The number of nitro groups is 1. The Kier molecular flexibility index (Phi) is 4.75. The molecule has 7 nitrogen and oxygen atoms in total. The molecule has 1 aromatic carbocycles. The van der Waals surface area contributed by atoms with Crippen molar-refractivity contribution in [1.82, 2.24) is 4.90 Å². The number of nitrogens with zero attached hydrogens (tertiary/aromatic N) is 2. The maximum Gasteiger partial charge on any atom is 0.311 e. The summed E-state index contributed by atoms with van der Waals surface area (Å²) in [5.41, 5.74) is 6.07. The minimum Gasteiger partial charge on any atom is -0.485 e. The number of nitrogens with one attached hydrogen (secondary N) is 1. The number of piperazine rings is 1. The van der Waals surface area contributed by atoms with Crippen molar-refractivity contribution in [2.24, 2.45) is 0 Å². The molecule has 0 spiro atoms. The zero-order valence-corrected chi connectivity index (χ0v) is 11.7. The Bertz CT molecular complexity index is 473. The standard InChI is InChI=1S/C13H20N4O3/c1-15-4-6-16(7-5-15)8-9-20-13-10-11(14)2-3-12(13)17(18)19/h2-3,10H,4-9,14H2,1H3/p+1. The highest BCUT2D eigenvalue weighted by Gasteiger charge is 2.18. The Morgan fingerprint density at radius 2 is 2.15 bits per heavy atom.